The molecule has 1 unspecified atom stereocenters. The summed E-state index contributed by atoms with van der Waals surface area (Å²) in [5.74, 6) is -21.3. The molecule has 2 aromatic carbocycles. The number of nitrogens with one attached hydrogen (secondary N) is 1. The molecule has 1 atom stereocenters. The van der Waals surface area contributed by atoms with E-state index in [1.54, 1.807) is 0 Å². The second kappa shape index (κ2) is 12.2. The molecule has 0 fully saturated rings. The Morgan fingerprint density at radius 1 is 0.837 bits per heavy atom. The first kappa shape index (κ1) is 36.3. The highest BCUT2D eigenvalue weighted by Gasteiger charge is 2.77. The number of allylic oxidation sites excluding steroid dienone is 1. The number of halogens is 16. The molecule has 0 heterocycles. The second-order valence-corrected chi connectivity index (χ2v) is 9.62. The van der Waals surface area contributed by atoms with Crippen LogP contribution in [0.5, 0.6) is 0 Å². The predicted molar refractivity (Wildman–Crippen MR) is 127 cm³/mol. The molecular weight excluding hydrogens is 690 g/mol. The number of rotatable bonds is 6. The number of hydrogen-bond donors (Lipinski definition) is 1. The van der Waals surface area contributed by atoms with E-state index in [-0.39, 0.29) is 28.2 Å². The van der Waals surface area contributed by atoms with Gasteiger partial charge in [0.25, 0.3) is 5.91 Å². The van der Waals surface area contributed by atoms with Gasteiger partial charge in [-0.3, -0.25) is 20.0 Å². The van der Waals surface area contributed by atoms with Crippen LogP contribution < -0.4 is 5.43 Å². The van der Waals surface area contributed by atoms with Crippen LogP contribution in [-0.4, -0.2) is 48.1 Å². The van der Waals surface area contributed by atoms with Gasteiger partial charge in [-0.2, -0.15) is 57.1 Å². The van der Waals surface area contributed by atoms with Gasteiger partial charge in [0.15, 0.2) is 0 Å². The number of nitrogens with zero attached hydrogens (tertiary/aromatic N) is 1. The lowest BCUT2D eigenvalue weighted by Crippen LogP contribution is -2.62. The van der Waals surface area contributed by atoms with Crippen LogP contribution in [0.1, 0.15) is 33.0 Å². The van der Waals surface area contributed by atoms with Crippen molar-refractivity contribution in [3.8, 4) is 0 Å². The summed E-state index contributed by atoms with van der Waals surface area (Å²) in [5, 5.41) is -1.90. The molecule has 0 bridgehead atoms. The number of carbonyl (C=O) groups is 2. The van der Waals surface area contributed by atoms with Crippen molar-refractivity contribution in [3.63, 3.8) is 0 Å². The zero-order valence-electron chi connectivity index (χ0n) is 20.4. The van der Waals surface area contributed by atoms with Crippen molar-refractivity contribution < 1.29 is 66.7 Å². The molecule has 238 valence electrons. The molecule has 1 N–H and O–H groups in total. The van der Waals surface area contributed by atoms with Crippen LogP contribution in [0.2, 0.25) is 15.1 Å². The number of benzene rings is 2. The number of hydrogen-bond acceptors (Lipinski definition) is 2. The molecule has 43 heavy (non-hydrogen) atoms. The Balaban J connectivity index is 2.45. The van der Waals surface area contributed by atoms with Gasteiger partial charge in [0.05, 0.1) is 32.1 Å². The standard InChI is InChI=1S/C23H12Cl3F13N2O2/c1-41(18(43)19(27,28)22(35,36)23(37,38)39)40-17(42)11-4-2-9(6-13(11)21(32,33)34)3-5-12(20(29,30)31)10-7-14(24)16(26)15(25)8-10/h2-8,12H,1H3,(H,40,42)/b5-3+. The lowest BCUT2D eigenvalue weighted by atomic mass is 9.96. The van der Waals surface area contributed by atoms with Crippen LogP contribution in [0.25, 0.3) is 6.08 Å². The molecule has 0 aliphatic heterocycles. The molecule has 4 nitrogen and oxygen atoms in total. The van der Waals surface area contributed by atoms with E-state index in [9.17, 15) is 66.7 Å². The first-order valence-corrected chi connectivity index (χ1v) is 11.9. The SMILES string of the molecule is CN(NC(=O)c1ccc(/C=C/C(c2cc(Cl)c(Cl)c(Cl)c2)C(F)(F)F)cc1C(F)(F)F)C(=O)C(F)(F)C(F)(F)C(F)(F)F. The summed E-state index contributed by atoms with van der Waals surface area (Å²) >= 11 is 17.2. The third-order valence-electron chi connectivity index (χ3n) is 5.39. The number of amides is 2. The fourth-order valence-corrected chi connectivity index (χ4v) is 3.87. The minimum absolute atomic E-state index is 0.0531. The zero-order chi connectivity index (χ0) is 33.5. The van der Waals surface area contributed by atoms with Crippen molar-refractivity contribution in [1.82, 2.24) is 10.4 Å². The average Bonchev–Trinajstić information content (AvgIpc) is 2.84. The second-order valence-electron chi connectivity index (χ2n) is 8.43. The first-order chi connectivity index (χ1) is 19.2. The van der Waals surface area contributed by atoms with Crippen molar-refractivity contribution in [2.75, 3.05) is 7.05 Å². The van der Waals surface area contributed by atoms with Gasteiger partial charge >= 0.3 is 36.3 Å². The monoisotopic (exact) mass is 700 g/mol. The van der Waals surface area contributed by atoms with E-state index >= 15 is 0 Å². The van der Waals surface area contributed by atoms with Gasteiger partial charge in [0.2, 0.25) is 0 Å². The third kappa shape index (κ3) is 7.78. The maximum atomic E-state index is 13.7. The maximum Gasteiger partial charge on any atom is 0.460 e. The molecule has 0 saturated carbocycles. The molecule has 0 spiro atoms. The maximum absolute atomic E-state index is 13.7. The predicted octanol–water partition coefficient (Wildman–Crippen LogP) is 8.96. The summed E-state index contributed by atoms with van der Waals surface area (Å²) < 4.78 is 173. The molecular formula is C23H12Cl3F13N2O2. The fourth-order valence-electron chi connectivity index (χ4n) is 3.26. The highest BCUT2D eigenvalue weighted by molar-refractivity contribution is 6.48. The highest BCUT2D eigenvalue weighted by Crippen LogP contribution is 2.47. The van der Waals surface area contributed by atoms with E-state index in [2.05, 4.69) is 0 Å². The van der Waals surface area contributed by atoms with Gasteiger partial charge in [0, 0.05) is 7.05 Å². The smallest absolute Gasteiger partial charge is 0.267 e. The Kier molecular flexibility index (Phi) is 10.3. The molecule has 0 aromatic heterocycles. The van der Waals surface area contributed by atoms with Crippen molar-refractivity contribution in [1.29, 1.82) is 0 Å². The Labute approximate surface area is 246 Å². The lowest BCUT2D eigenvalue weighted by Gasteiger charge is -2.30. The van der Waals surface area contributed by atoms with Crippen LogP contribution in [0.4, 0.5) is 57.1 Å². The van der Waals surface area contributed by atoms with Crippen LogP contribution in [0.15, 0.2) is 36.4 Å². The Hall–Kier alpha value is -2.92. The van der Waals surface area contributed by atoms with E-state index in [4.69, 9.17) is 34.8 Å². The molecule has 2 rings (SSSR count). The van der Waals surface area contributed by atoms with Crippen molar-refractivity contribution in [2.45, 2.75) is 36.3 Å². The summed E-state index contributed by atoms with van der Waals surface area (Å²) in [7, 11) is 0.0531. The zero-order valence-corrected chi connectivity index (χ0v) is 22.7. The lowest BCUT2D eigenvalue weighted by molar-refractivity contribution is -0.346. The largest absolute Gasteiger partial charge is 0.460 e. The molecule has 2 amide bonds. The molecule has 0 radical (unpaired) electrons. The highest BCUT2D eigenvalue weighted by atomic mass is 35.5. The van der Waals surface area contributed by atoms with E-state index in [1.165, 1.54) is 0 Å². The first-order valence-electron chi connectivity index (χ1n) is 10.8. The van der Waals surface area contributed by atoms with E-state index in [0.717, 1.165) is 17.6 Å². The van der Waals surface area contributed by atoms with Gasteiger partial charge in [-0.1, -0.05) is 53.0 Å². The average molecular weight is 702 g/mol. The summed E-state index contributed by atoms with van der Waals surface area (Å²) in [4.78, 5) is 23.9. The molecule has 0 saturated heterocycles. The third-order valence-corrected chi connectivity index (χ3v) is 6.58. The minimum atomic E-state index is -6.93. The summed E-state index contributed by atoms with van der Waals surface area (Å²) in [6.07, 6.45) is -16.5. The van der Waals surface area contributed by atoms with Crippen molar-refractivity contribution in [3.05, 3.63) is 73.7 Å². The van der Waals surface area contributed by atoms with Gasteiger partial charge in [-0.05, 0) is 35.4 Å². The van der Waals surface area contributed by atoms with Crippen molar-refractivity contribution in [2.24, 2.45) is 0 Å². The van der Waals surface area contributed by atoms with Gasteiger partial charge < -0.3 is 0 Å². The Morgan fingerprint density at radius 2 is 1.35 bits per heavy atom. The summed E-state index contributed by atoms with van der Waals surface area (Å²) in [5.41, 5.74) is -3.53. The topological polar surface area (TPSA) is 49.4 Å². The molecule has 0 aliphatic rings. The summed E-state index contributed by atoms with van der Waals surface area (Å²) in [6.45, 7) is 0. The van der Waals surface area contributed by atoms with Crippen LogP contribution in [0.3, 0.4) is 0 Å². The quantitative estimate of drug-likeness (QED) is 0.186. The van der Waals surface area contributed by atoms with Gasteiger partial charge in [0.1, 0.15) is 0 Å². The minimum Gasteiger partial charge on any atom is -0.267 e. The number of hydrazine groups is 1. The number of alkyl halides is 13. The van der Waals surface area contributed by atoms with Crippen LogP contribution in [-0.2, 0) is 11.0 Å². The van der Waals surface area contributed by atoms with E-state index in [0.29, 0.717) is 24.3 Å². The number of carbonyl (C=O) groups excluding carboxylic acids is 2. The van der Waals surface area contributed by atoms with Gasteiger partial charge in [-0.25, -0.2) is 0 Å². The molecule has 0 aliphatic carbocycles. The van der Waals surface area contributed by atoms with E-state index in [1.807, 2.05) is 0 Å². The van der Waals surface area contributed by atoms with Gasteiger partial charge in [-0.15, -0.1) is 0 Å². The van der Waals surface area contributed by atoms with Crippen molar-refractivity contribution >= 4 is 52.7 Å². The fraction of sp³-hybridized carbons (Fsp3) is 0.304. The van der Waals surface area contributed by atoms with E-state index < -0.39 is 75.4 Å². The molecule has 2 aromatic rings. The normalized spacial score (nSPS) is 14.2. The Bertz CT molecular complexity index is 1400. The van der Waals surface area contributed by atoms with Crippen LogP contribution >= 0.6 is 34.8 Å². The van der Waals surface area contributed by atoms with Crippen LogP contribution in [0, 0.1) is 0 Å². The molecule has 20 heteroatoms. The Morgan fingerprint density at radius 3 is 1.79 bits per heavy atom. The summed E-state index contributed by atoms with van der Waals surface area (Å²) in [6, 6.07) is 2.70.